The lowest BCUT2D eigenvalue weighted by Crippen LogP contribution is -2.46. The molecule has 1 aliphatic rings. The van der Waals surface area contributed by atoms with Crippen molar-refractivity contribution in [3.8, 4) is 17.4 Å². The van der Waals surface area contributed by atoms with Crippen molar-refractivity contribution in [1.82, 2.24) is 15.0 Å². The summed E-state index contributed by atoms with van der Waals surface area (Å²) in [5.74, 6) is 0.560. The summed E-state index contributed by atoms with van der Waals surface area (Å²) >= 11 is 6.19. The van der Waals surface area contributed by atoms with Crippen LogP contribution in [0.1, 0.15) is 5.69 Å². The number of piperazine rings is 1. The fraction of sp³-hybridized carbons (Fsp3) is 0.444. The molecule has 0 amide bonds. The average molecular weight is 345 g/mol. The van der Waals surface area contributed by atoms with E-state index in [-0.39, 0.29) is 5.92 Å². The number of likely N-dealkylation sites (N-methyl/N-ethyl adjacent to an activating group) is 1. The van der Waals surface area contributed by atoms with Gasteiger partial charge in [-0.15, -0.1) is 0 Å². The molecule has 24 heavy (non-hydrogen) atoms. The molecule has 126 valence electrons. The minimum atomic E-state index is -0.0856. The average Bonchev–Trinajstić information content (AvgIpc) is 3.05. The third kappa shape index (κ3) is 4.15. The molecule has 6 heteroatoms. The van der Waals surface area contributed by atoms with Gasteiger partial charge in [-0.25, -0.2) is 0 Å². The van der Waals surface area contributed by atoms with E-state index in [0.717, 1.165) is 44.0 Å². The predicted molar refractivity (Wildman–Crippen MR) is 93.7 cm³/mol. The Balaban J connectivity index is 1.63. The van der Waals surface area contributed by atoms with Crippen molar-refractivity contribution in [3.05, 3.63) is 41.0 Å². The first-order chi connectivity index (χ1) is 11.7. The van der Waals surface area contributed by atoms with Gasteiger partial charge in [0.05, 0.1) is 22.7 Å². The quantitative estimate of drug-likeness (QED) is 0.834. The van der Waals surface area contributed by atoms with Crippen LogP contribution in [0.4, 0.5) is 0 Å². The van der Waals surface area contributed by atoms with Crippen LogP contribution in [-0.2, 0) is 6.42 Å². The van der Waals surface area contributed by atoms with Gasteiger partial charge in [0.1, 0.15) is 0 Å². The summed E-state index contributed by atoms with van der Waals surface area (Å²) in [6.07, 6.45) is 0.594. The molecule has 0 bridgehead atoms. The zero-order chi connectivity index (χ0) is 16.9. The summed E-state index contributed by atoms with van der Waals surface area (Å²) in [5, 5.41) is 14.2. The van der Waals surface area contributed by atoms with Crippen molar-refractivity contribution in [2.75, 3.05) is 39.8 Å². The summed E-state index contributed by atoms with van der Waals surface area (Å²) in [6, 6.07) is 11.8. The monoisotopic (exact) mass is 344 g/mol. The number of benzene rings is 1. The Morgan fingerprint density at radius 1 is 1.29 bits per heavy atom. The normalized spacial score (nSPS) is 17.5. The molecule has 5 nitrogen and oxygen atoms in total. The maximum Gasteiger partial charge on any atom is 0.168 e. The highest BCUT2D eigenvalue weighted by atomic mass is 35.5. The summed E-state index contributed by atoms with van der Waals surface area (Å²) in [7, 11) is 2.13. The molecule has 0 N–H and O–H groups in total. The largest absolute Gasteiger partial charge is 0.356 e. The molecule has 1 fully saturated rings. The summed E-state index contributed by atoms with van der Waals surface area (Å²) in [5.41, 5.74) is 1.62. The van der Waals surface area contributed by atoms with Gasteiger partial charge in [0.15, 0.2) is 5.76 Å². The summed E-state index contributed by atoms with van der Waals surface area (Å²) < 4.78 is 5.42. The highest BCUT2D eigenvalue weighted by molar-refractivity contribution is 6.33. The maximum atomic E-state index is 9.47. The van der Waals surface area contributed by atoms with Crippen LogP contribution in [0.2, 0.25) is 5.02 Å². The zero-order valence-corrected chi connectivity index (χ0v) is 14.5. The van der Waals surface area contributed by atoms with Crippen molar-refractivity contribution in [3.63, 3.8) is 0 Å². The molecule has 1 aliphatic heterocycles. The van der Waals surface area contributed by atoms with Gasteiger partial charge < -0.3 is 9.42 Å². The van der Waals surface area contributed by atoms with E-state index >= 15 is 0 Å². The lowest BCUT2D eigenvalue weighted by atomic mass is 10.0. The van der Waals surface area contributed by atoms with Gasteiger partial charge in [-0.1, -0.05) is 28.9 Å². The zero-order valence-electron chi connectivity index (χ0n) is 13.8. The van der Waals surface area contributed by atoms with Crippen molar-refractivity contribution < 1.29 is 4.52 Å². The highest BCUT2D eigenvalue weighted by Crippen LogP contribution is 2.28. The Bertz CT molecular complexity index is 716. The Morgan fingerprint density at radius 2 is 2.04 bits per heavy atom. The maximum absolute atomic E-state index is 9.47. The number of hydrogen-bond donors (Lipinski definition) is 0. The van der Waals surface area contributed by atoms with Gasteiger partial charge >= 0.3 is 0 Å². The van der Waals surface area contributed by atoms with Crippen LogP contribution in [0.15, 0.2) is 34.9 Å². The van der Waals surface area contributed by atoms with Crippen molar-refractivity contribution in [2.45, 2.75) is 6.42 Å². The van der Waals surface area contributed by atoms with Crippen molar-refractivity contribution >= 4 is 11.6 Å². The van der Waals surface area contributed by atoms with Gasteiger partial charge in [-0.05, 0) is 19.2 Å². The number of nitriles is 1. The molecule has 3 rings (SSSR count). The van der Waals surface area contributed by atoms with E-state index in [1.165, 1.54) is 0 Å². The van der Waals surface area contributed by atoms with Gasteiger partial charge in [-0.3, -0.25) is 4.90 Å². The van der Waals surface area contributed by atoms with Crippen molar-refractivity contribution in [1.29, 1.82) is 5.26 Å². The van der Waals surface area contributed by atoms with E-state index in [1.54, 1.807) is 0 Å². The summed E-state index contributed by atoms with van der Waals surface area (Å²) in [4.78, 5) is 4.66. The second-order valence-electron chi connectivity index (χ2n) is 6.30. The smallest absolute Gasteiger partial charge is 0.168 e. The van der Waals surface area contributed by atoms with Crippen LogP contribution < -0.4 is 0 Å². The molecule has 2 aromatic rings. The SMILES string of the molecule is CN1CCN(C[C@H](C#N)Cc2cc(-c3ccccc3Cl)on2)CC1. The molecule has 1 aromatic carbocycles. The van der Waals surface area contributed by atoms with Gasteiger partial charge in [0.25, 0.3) is 0 Å². The molecular weight excluding hydrogens is 324 g/mol. The topological polar surface area (TPSA) is 56.3 Å². The van der Waals surface area contributed by atoms with Crippen LogP contribution in [0.25, 0.3) is 11.3 Å². The third-order valence-corrected chi connectivity index (χ3v) is 4.74. The van der Waals surface area contributed by atoms with Gasteiger partial charge in [0, 0.05) is 50.8 Å². The van der Waals surface area contributed by atoms with Gasteiger partial charge in [0.2, 0.25) is 0 Å². The number of rotatable bonds is 5. The molecule has 0 aliphatic carbocycles. The first kappa shape index (κ1) is 17.0. The van der Waals surface area contributed by atoms with E-state index < -0.39 is 0 Å². The molecule has 0 spiro atoms. The lowest BCUT2D eigenvalue weighted by molar-refractivity contribution is 0.143. The molecule has 2 heterocycles. The Hall–Kier alpha value is -1.87. The van der Waals surface area contributed by atoms with E-state index in [9.17, 15) is 5.26 Å². The standard InChI is InChI=1S/C18H21ClN4O/c1-22-6-8-23(9-7-22)13-14(12-20)10-15-11-18(24-21-15)16-4-2-3-5-17(16)19/h2-5,11,14H,6-10,13H2,1H3/t14-/m0/s1. The summed E-state index contributed by atoms with van der Waals surface area (Å²) in [6.45, 7) is 4.91. The van der Waals surface area contributed by atoms with Crippen LogP contribution >= 0.6 is 11.6 Å². The Labute approximate surface area is 147 Å². The third-order valence-electron chi connectivity index (χ3n) is 4.41. The van der Waals surface area contributed by atoms with Crippen LogP contribution in [0.5, 0.6) is 0 Å². The molecule has 1 atom stereocenters. The molecule has 1 saturated heterocycles. The van der Waals surface area contributed by atoms with E-state index in [0.29, 0.717) is 17.2 Å². The molecule has 1 aromatic heterocycles. The fourth-order valence-electron chi connectivity index (χ4n) is 2.94. The lowest BCUT2D eigenvalue weighted by Gasteiger charge is -2.33. The number of halogens is 1. The molecule has 0 radical (unpaired) electrons. The molecule has 0 saturated carbocycles. The number of nitrogens with zero attached hydrogens (tertiary/aromatic N) is 4. The van der Waals surface area contributed by atoms with Crippen LogP contribution in [0.3, 0.4) is 0 Å². The first-order valence-electron chi connectivity index (χ1n) is 8.16. The number of aromatic nitrogens is 1. The Kier molecular flexibility index (Phi) is 5.52. The van der Waals surface area contributed by atoms with Crippen molar-refractivity contribution in [2.24, 2.45) is 5.92 Å². The highest BCUT2D eigenvalue weighted by Gasteiger charge is 2.20. The van der Waals surface area contributed by atoms with E-state index in [4.69, 9.17) is 16.1 Å². The second-order valence-corrected chi connectivity index (χ2v) is 6.70. The predicted octanol–water partition coefficient (Wildman–Crippen LogP) is 2.92. The minimum absolute atomic E-state index is 0.0856. The molecular formula is C18H21ClN4O. The Morgan fingerprint density at radius 3 is 2.75 bits per heavy atom. The number of hydrogen-bond acceptors (Lipinski definition) is 5. The molecule has 0 unspecified atom stereocenters. The van der Waals surface area contributed by atoms with Crippen LogP contribution in [-0.4, -0.2) is 54.7 Å². The van der Waals surface area contributed by atoms with Crippen LogP contribution in [0, 0.1) is 17.2 Å². The van der Waals surface area contributed by atoms with E-state index in [1.807, 2.05) is 30.3 Å². The van der Waals surface area contributed by atoms with Gasteiger partial charge in [-0.2, -0.15) is 5.26 Å². The first-order valence-corrected chi connectivity index (χ1v) is 8.54. The fourth-order valence-corrected chi connectivity index (χ4v) is 3.17. The minimum Gasteiger partial charge on any atom is -0.356 e. The second kappa shape index (κ2) is 7.80. The van der Waals surface area contributed by atoms with E-state index in [2.05, 4.69) is 28.1 Å².